The van der Waals surface area contributed by atoms with Crippen molar-refractivity contribution in [2.24, 2.45) is 0 Å². The molecule has 0 aromatic heterocycles. The van der Waals surface area contributed by atoms with Crippen LogP contribution in [-0.2, 0) is 25.5 Å². The summed E-state index contributed by atoms with van der Waals surface area (Å²) < 4.78 is 10.2. The second-order valence-electron chi connectivity index (χ2n) is 8.09. The number of carbonyl (C=O) groups is 3. The smallest absolute Gasteiger partial charge is 0.408 e. The van der Waals surface area contributed by atoms with Crippen molar-refractivity contribution in [3.05, 3.63) is 47.0 Å². The lowest BCUT2D eigenvalue weighted by molar-refractivity contribution is -0.143. The number of hydrogen-bond acceptors (Lipinski definition) is 5. The monoisotopic (exact) mass is 403 g/mol. The topological polar surface area (TPSA) is 81.7 Å². The van der Waals surface area contributed by atoms with E-state index in [2.05, 4.69) is 11.4 Å². The standard InChI is InChI=1S/C23H33NO5/c1-7-28-21(26)11-9-19(24-22(27)29-23(4,5)6)8-10-20(25)15-18-13-16(2)12-17(3)14-18/h8,10,12-14,19H,7,9,11,15H2,1-6H3,(H,24,27)/t19-/m0/s1. The summed E-state index contributed by atoms with van der Waals surface area (Å²) in [7, 11) is 0. The lowest BCUT2D eigenvalue weighted by Gasteiger charge is -2.22. The molecule has 1 N–H and O–H groups in total. The molecule has 0 fully saturated rings. The summed E-state index contributed by atoms with van der Waals surface area (Å²) in [5.74, 6) is -0.430. The van der Waals surface area contributed by atoms with Crippen molar-refractivity contribution in [1.29, 1.82) is 0 Å². The van der Waals surface area contributed by atoms with Crippen LogP contribution < -0.4 is 5.32 Å². The molecule has 1 amide bonds. The van der Waals surface area contributed by atoms with Gasteiger partial charge in [0.1, 0.15) is 5.60 Å². The van der Waals surface area contributed by atoms with Gasteiger partial charge in [0, 0.05) is 12.8 Å². The molecule has 0 saturated heterocycles. The third kappa shape index (κ3) is 11.1. The number of ether oxygens (including phenoxy) is 2. The fourth-order valence-corrected chi connectivity index (χ4v) is 2.84. The van der Waals surface area contributed by atoms with E-state index in [-0.39, 0.29) is 24.6 Å². The molecule has 0 unspecified atom stereocenters. The van der Waals surface area contributed by atoms with Crippen LogP contribution in [0.3, 0.4) is 0 Å². The van der Waals surface area contributed by atoms with E-state index >= 15 is 0 Å². The maximum absolute atomic E-state index is 12.4. The third-order valence-electron chi connectivity index (χ3n) is 3.84. The van der Waals surface area contributed by atoms with Crippen LogP contribution in [0.5, 0.6) is 0 Å². The normalized spacial score (nSPS) is 12.5. The summed E-state index contributed by atoms with van der Waals surface area (Å²) in [6.45, 7) is 11.3. The van der Waals surface area contributed by atoms with Gasteiger partial charge < -0.3 is 14.8 Å². The second kappa shape index (κ2) is 11.4. The summed E-state index contributed by atoms with van der Waals surface area (Å²) in [6.07, 6.45) is 3.17. The van der Waals surface area contributed by atoms with E-state index in [1.54, 1.807) is 33.8 Å². The van der Waals surface area contributed by atoms with Crippen LogP contribution in [0.1, 0.15) is 57.2 Å². The van der Waals surface area contributed by atoms with Crippen LogP contribution in [-0.4, -0.2) is 36.1 Å². The maximum Gasteiger partial charge on any atom is 0.408 e. The Morgan fingerprint density at radius 3 is 2.28 bits per heavy atom. The van der Waals surface area contributed by atoms with Crippen molar-refractivity contribution in [2.45, 2.75) is 72.4 Å². The molecule has 6 nitrogen and oxygen atoms in total. The van der Waals surface area contributed by atoms with Crippen molar-refractivity contribution in [2.75, 3.05) is 6.61 Å². The van der Waals surface area contributed by atoms with Crippen molar-refractivity contribution in [3.8, 4) is 0 Å². The van der Waals surface area contributed by atoms with Crippen molar-refractivity contribution in [3.63, 3.8) is 0 Å². The van der Waals surface area contributed by atoms with Crippen LogP contribution in [0.15, 0.2) is 30.4 Å². The van der Waals surface area contributed by atoms with Crippen LogP contribution in [0.25, 0.3) is 0 Å². The number of esters is 1. The highest BCUT2D eigenvalue weighted by molar-refractivity contribution is 5.91. The molecule has 0 aliphatic heterocycles. The molecule has 0 bridgehead atoms. The molecule has 0 spiro atoms. The largest absolute Gasteiger partial charge is 0.466 e. The Hall–Kier alpha value is -2.63. The van der Waals surface area contributed by atoms with Gasteiger partial charge in [0.25, 0.3) is 0 Å². The zero-order chi connectivity index (χ0) is 22.0. The number of alkyl carbamates (subject to hydrolysis) is 1. The molecule has 29 heavy (non-hydrogen) atoms. The molecule has 1 aromatic rings. The number of hydrogen-bond donors (Lipinski definition) is 1. The Morgan fingerprint density at radius 2 is 1.72 bits per heavy atom. The third-order valence-corrected chi connectivity index (χ3v) is 3.84. The number of benzene rings is 1. The summed E-state index contributed by atoms with van der Waals surface area (Å²) in [5.41, 5.74) is 2.52. The van der Waals surface area contributed by atoms with Crippen LogP contribution >= 0.6 is 0 Å². The lowest BCUT2D eigenvalue weighted by atomic mass is 10.0. The molecule has 1 aromatic carbocycles. The predicted octanol–water partition coefficient (Wildman–Crippen LogP) is 4.21. The maximum atomic E-state index is 12.4. The van der Waals surface area contributed by atoms with E-state index in [0.29, 0.717) is 13.0 Å². The molecule has 0 radical (unpaired) electrons. The van der Waals surface area contributed by atoms with E-state index < -0.39 is 17.7 Å². The molecule has 1 rings (SSSR count). The SMILES string of the molecule is CCOC(=O)CC[C@H](C=CC(=O)Cc1cc(C)cc(C)c1)NC(=O)OC(C)(C)C. The molecular formula is C23H33NO5. The number of rotatable bonds is 9. The molecule has 160 valence electrons. The fourth-order valence-electron chi connectivity index (χ4n) is 2.84. The summed E-state index contributed by atoms with van der Waals surface area (Å²) in [4.78, 5) is 36.1. The number of allylic oxidation sites excluding steroid dienone is 1. The van der Waals surface area contributed by atoms with Crippen molar-refractivity contribution >= 4 is 17.8 Å². The highest BCUT2D eigenvalue weighted by Gasteiger charge is 2.19. The molecular weight excluding hydrogens is 370 g/mol. The highest BCUT2D eigenvalue weighted by Crippen LogP contribution is 2.11. The van der Waals surface area contributed by atoms with E-state index in [1.807, 2.05) is 26.0 Å². The summed E-state index contributed by atoms with van der Waals surface area (Å²) in [5, 5.41) is 2.70. The molecule has 0 heterocycles. The van der Waals surface area contributed by atoms with E-state index in [1.165, 1.54) is 6.08 Å². The van der Waals surface area contributed by atoms with Gasteiger partial charge in [-0.2, -0.15) is 0 Å². The Bertz CT molecular complexity index is 726. The van der Waals surface area contributed by atoms with Gasteiger partial charge in [-0.05, 0) is 59.6 Å². The van der Waals surface area contributed by atoms with Gasteiger partial charge in [0.15, 0.2) is 5.78 Å². The van der Waals surface area contributed by atoms with Gasteiger partial charge in [0.2, 0.25) is 0 Å². The molecule has 0 aliphatic rings. The first kappa shape index (κ1) is 24.4. The van der Waals surface area contributed by atoms with Gasteiger partial charge >= 0.3 is 12.1 Å². The van der Waals surface area contributed by atoms with Gasteiger partial charge in [-0.3, -0.25) is 9.59 Å². The van der Waals surface area contributed by atoms with Crippen molar-refractivity contribution < 1.29 is 23.9 Å². The van der Waals surface area contributed by atoms with Gasteiger partial charge in [-0.1, -0.05) is 35.4 Å². The molecule has 6 heteroatoms. The zero-order valence-electron chi connectivity index (χ0n) is 18.3. The lowest BCUT2D eigenvalue weighted by Crippen LogP contribution is -2.38. The Kier molecular flexibility index (Phi) is 9.59. The Labute approximate surface area is 173 Å². The number of carbonyl (C=O) groups excluding carboxylic acids is 3. The van der Waals surface area contributed by atoms with E-state index in [0.717, 1.165) is 16.7 Å². The minimum atomic E-state index is -0.641. The molecule has 0 aliphatic carbocycles. The Morgan fingerprint density at radius 1 is 1.10 bits per heavy atom. The first-order valence-corrected chi connectivity index (χ1v) is 9.92. The number of nitrogens with one attached hydrogen (secondary N) is 1. The second-order valence-corrected chi connectivity index (χ2v) is 8.09. The average molecular weight is 404 g/mol. The molecule has 0 saturated carbocycles. The van der Waals surface area contributed by atoms with Crippen molar-refractivity contribution in [1.82, 2.24) is 5.32 Å². The zero-order valence-corrected chi connectivity index (χ0v) is 18.3. The predicted molar refractivity (Wildman–Crippen MR) is 113 cm³/mol. The van der Waals surface area contributed by atoms with Gasteiger partial charge in [-0.15, -0.1) is 0 Å². The number of aryl methyl sites for hydroxylation is 2. The minimum absolute atomic E-state index is 0.0814. The van der Waals surface area contributed by atoms with Gasteiger partial charge in [-0.25, -0.2) is 4.79 Å². The number of ketones is 1. The first-order chi connectivity index (χ1) is 13.5. The van der Waals surface area contributed by atoms with Crippen LogP contribution in [0.4, 0.5) is 4.79 Å². The van der Waals surface area contributed by atoms with E-state index in [9.17, 15) is 14.4 Å². The van der Waals surface area contributed by atoms with Crippen LogP contribution in [0.2, 0.25) is 0 Å². The van der Waals surface area contributed by atoms with E-state index in [4.69, 9.17) is 9.47 Å². The summed E-state index contributed by atoms with van der Waals surface area (Å²) >= 11 is 0. The number of amides is 1. The van der Waals surface area contributed by atoms with Crippen LogP contribution in [0, 0.1) is 13.8 Å². The first-order valence-electron chi connectivity index (χ1n) is 9.92. The quantitative estimate of drug-likeness (QED) is 0.493. The average Bonchev–Trinajstić information content (AvgIpc) is 2.55. The summed E-state index contributed by atoms with van der Waals surface area (Å²) in [6, 6.07) is 5.50. The highest BCUT2D eigenvalue weighted by atomic mass is 16.6. The Balaban J connectivity index is 2.77. The van der Waals surface area contributed by atoms with Gasteiger partial charge in [0.05, 0.1) is 12.6 Å². The molecule has 1 atom stereocenters. The minimum Gasteiger partial charge on any atom is -0.466 e. The fraction of sp³-hybridized carbons (Fsp3) is 0.522.